The van der Waals surface area contributed by atoms with Crippen LogP contribution in [0.5, 0.6) is 0 Å². The number of alkyl halides is 3. The Hall–Kier alpha value is -3.84. The fraction of sp³-hybridized carbons (Fsp3) is 0.250. The second-order valence-electron chi connectivity index (χ2n) is 8.59. The van der Waals surface area contributed by atoms with Crippen molar-refractivity contribution in [3.8, 4) is 0 Å². The average Bonchev–Trinajstić information content (AvgIpc) is 3.38. The van der Waals surface area contributed by atoms with E-state index in [0.29, 0.717) is 42.7 Å². The molecule has 0 aliphatic carbocycles. The first kappa shape index (κ1) is 24.8. The summed E-state index contributed by atoms with van der Waals surface area (Å²) >= 11 is 0. The number of H-pyrrole nitrogens is 1. The summed E-state index contributed by atoms with van der Waals surface area (Å²) in [5, 5.41) is 15.7. The first-order valence-corrected chi connectivity index (χ1v) is 13.0. The number of nitrogens with zero attached hydrogens (tertiary/aromatic N) is 4. The minimum absolute atomic E-state index is 0.180. The van der Waals surface area contributed by atoms with Crippen LogP contribution in [0.2, 0.25) is 0 Å². The molecule has 0 saturated carbocycles. The van der Waals surface area contributed by atoms with Gasteiger partial charge in [-0.1, -0.05) is 17.4 Å². The van der Waals surface area contributed by atoms with Crippen LogP contribution in [0.15, 0.2) is 53.7 Å². The van der Waals surface area contributed by atoms with Crippen molar-refractivity contribution >= 4 is 44.7 Å². The normalized spacial score (nSPS) is 15.4. The molecular formula is C24H22F3N7O2S. The number of hydrogen-bond acceptors (Lipinski definition) is 8. The highest BCUT2D eigenvalue weighted by molar-refractivity contribution is 7.92. The molecule has 5 rings (SSSR count). The Kier molecular flexibility index (Phi) is 6.65. The molecule has 1 aliphatic heterocycles. The van der Waals surface area contributed by atoms with Crippen LogP contribution in [-0.4, -0.2) is 52.1 Å². The number of piperidine rings is 1. The maximum atomic E-state index is 13.2. The Balaban J connectivity index is 1.28. The lowest BCUT2D eigenvalue weighted by atomic mass is 10.1. The topological polar surface area (TPSA) is 126 Å². The molecule has 37 heavy (non-hydrogen) atoms. The van der Waals surface area contributed by atoms with Crippen LogP contribution in [-0.2, 0) is 16.0 Å². The highest BCUT2D eigenvalue weighted by Crippen LogP contribution is 2.33. The number of aromatic amines is 1. The van der Waals surface area contributed by atoms with E-state index in [2.05, 4.69) is 36.0 Å². The van der Waals surface area contributed by atoms with Gasteiger partial charge in [0, 0.05) is 29.2 Å². The van der Waals surface area contributed by atoms with Crippen LogP contribution >= 0.6 is 0 Å². The Morgan fingerprint density at radius 2 is 1.70 bits per heavy atom. The van der Waals surface area contributed by atoms with Gasteiger partial charge in [-0.25, -0.2) is 18.4 Å². The number of aromatic nitrogens is 5. The van der Waals surface area contributed by atoms with Gasteiger partial charge in [-0.15, -0.1) is 5.10 Å². The third-order valence-electron chi connectivity index (χ3n) is 6.08. The second kappa shape index (κ2) is 9.90. The van der Waals surface area contributed by atoms with Gasteiger partial charge in [0.2, 0.25) is 5.95 Å². The largest absolute Gasteiger partial charge is 0.416 e. The summed E-state index contributed by atoms with van der Waals surface area (Å²) in [5.41, 5.74) is 1.11. The molecule has 0 radical (unpaired) electrons. The highest BCUT2D eigenvalue weighted by atomic mass is 32.2. The van der Waals surface area contributed by atoms with Crippen molar-refractivity contribution in [3.05, 3.63) is 65.5 Å². The number of anilines is 2. The fourth-order valence-corrected chi connectivity index (χ4v) is 5.86. The van der Waals surface area contributed by atoms with Crippen LogP contribution in [0.1, 0.15) is 29.5 Å². The first-order valence-electron chi connectivity index (χ1n) is 11.4. The Morgan fingerprint density at radius 1 is 1.00 bits per heavy atom. The van der Waals surface area contributed by atoms with Crippen LogP contribution in [0.3, 0.4) is 0 Å². The number of benzene rings is 2. The molecule has 0 amide bonds. The lowest BCUT2D eigenvalue weighted by Gasteiger charge is -2.22. The molecule has 1 aliphatic rings. The van der Waals surface area contributed by atoms with Crippen LogP contribution < -0.4 is 10.6 Å². The van der Waals surface area contributed by atoms with E-state index in [4.69, 9.17) is 0 Å². The predicted octanol–water partition coefficient (Wildman–Crippen LogP) is 4.21. The third kappa shape index (κ3) is 5.47. The molecule has 3 N–H and O–H groups in total. The molecule has 2 aromatic heterocycles. The lowest BCUT2D eigenvalue weighted by molar-refractivity contribution is -0.137. The highest BCUT2D eigenvalue weighted by Gasteiger charge is 2.32. The molecule has 9 nitrogen and oxygen atoms in total. The van der Waals surface area contributed by atoms with E-state index < -0.39 is 21.6 Å². The van der Waals surface area contributed by atoms with Gasteiger partial charge in [0.05, 0.1) is 21.2 Å². The molecule has 3 heterocycles. The predicted molar refractivity (Wildman–Crippen MR) is 133 cm³/mol. The van der Waals surface area contributed by atoms with Crippen molar-refractivity contribution in [1.29, 1.82) is 0 Å². The molecule has 0 spiro atoms. The molecule has 2 aromatic carbocycles. The van der Waals surface area contributed by atoms with Gasteiger partial charge in [0.15, 0.2) is 9.84 Å². The van der Waals surface area contributed by atoms with Gasteiger partial charge in [-0.05, 0) is 62.3 Å². The van der Waals surface area contributed by atoms with Crippen molar-refractivity contribution in [3.63, 3.8) is 0 Å². The first-order chi connectivity index (χ1) is 17.7. The average molecular weight is 530 g/mol. The monoisotopic (exact) mass is 529 g/mol. The van der Waals surface area contributed by atoms with E-state index in [0.717, 1.165) is 12.1 Å². The van der Waals surface area contributed by atoms with Crippen molar-refractivity contribution in [1.82, 2.24) is 30.7 Å². The standard InChI is InChI=1S/C24H22F3N7O2S/c25-24(26,27)17-11-16(22-21(12-17)32-34-33-22)2-1-15-13-29-23(30-14-15)31-18-3-5-19(6-4-18)37(35,36)20-7-9-28-10-8-20/h1-6,11-14,20,28H,7-10H2,(H,29,30,31)(H,32,33,34)/b2-1+. The Labute approximate surface area is 210 Å². The zero-order valence-corrected chi connectivity index (χ0v) is 20.1. The summed E-state index contributed by atoms with van der Waals surface area (Å²) in [6, 6.07) is 8.41. The molecule has 13 heteroatoms. The zero-order chi connectivity index (χ0) is 26.0. The number of rotatable bonds is 6. The summed E-state index contributed by atoms with van der Waals surface area (Å²) in [6.45, 7) is 1.38. The quantitative estimate of drug-likeness (QED) is 0.339. The minimum Gasteiger partial charge on any atom is -0.324 e. The van der Waals surface area contributed by atoms with E-state index in [9.17, 15) is 21.6 Å². The summed E-state index contributed by atoms with van der Waals surface area (Å²) in [6.07, 6.45) is 2.77. The summed E-state index contributed by atoms with van der Waals surface area (Å²) in [4.78, 5) is 8.73. The molecule has 4 aromatic rings. The summed E-state index contributed by atoms with van der Waals surface area (Å²) in [7, 11) is -3.39. The van der Waals surface area contributed by atoms with Gasteiger partial charge >= 0.3 is 6.18 Å². The molecule has 0 unspecified atom stereocenters. The van der Waals surface area contributed by atoms with E-state index in [-0.39, 0.29) is 27.2 Å². The van der Waals surface area contributed by atoms with E-state index in [1.807, 2.05) is 0 Å². The summed E-state index contributed by atoms with van der Waals surface area (Å²) < 4.78 is 65.3. The van der Waals surface area contributed by atoms with Gasteiger partial charge in [0.25, 0.3) is 0 Å². The molecule has 0 bridgehead atoms. The molecule has 0 atom stereocenters. The van der Waals surface area contributed by atoms with Crippen LogP contribution in [0, 0.1) is 0 Å². The lowest BCUT2D eigenvalue weighted by Crippen LogP contribution is -2.35. The molecule has 1 fully saturated rings. The van der Waals surface area contributed by atoms with Crippen molar-refractivity contribution < 1.29 is 21.6 Å². The number of nitrogens with one attached hydrogen (secondary N) is 3. The van der Waals surface area contributed by atoms with E-state index in [1.54, 1.807) is 30.3 Å². The van der Waals surface area contributed by atoms with Crippen molar-refractivity contribution in [2.75, 3.05) is 18.4 Å². The molecule has 1 saturated heterocycles. The summed E-state index contributed by atoms with van der Waals surface area (Å²) in [5.74, 6) is 0.282. The Morgan fingerprint density at radius 3 is 2.38 bits per heavy atom. The van der Waals surface area contributed by atoms with Gasteiger partial charge in [-0.3, -0.25) is 5.10 Å². The Bertz CT molecular complexity index is 1530. The number of hydrogen-bond donors (Lipinski definition) is 3. The van der Waals surface area contributed by atoms with E-state index >= 15 is 0 Å². The molecule has 192 valence electrons. The fourth-order valence-electron chi connectivity index (χ4n) is 4.10. The van der Waals surface area contributed by atoms with Crippen LogP contribution in [0.4, 0.5) is 24.8 Å². The SMILES string of the molecule is O=S(=O)(c1ccc(Nc2ncc(/C=C/c3cc(C(F)(F)F)cc4[nH]nnc34)cn2)cc1)C1CCNCC1. The number of sulfone groups is 1. The van der Waals surface area contributed by atoms with Crippen LogP contribution in [0.25, 0.3) is 23.2 Å². The number of halogens is 3. The third-order valence-corrected chi connectivity index (χ3v) is 8.36. The second-order valence-corrected chi connectivity index (χ2v) is 10.8. The van der Waals surface area contributed by atoms with Gasteiger partial charge in [-0.2, -0.15) is 13.2 Å². The smallest absolute Gasteiger partial charge is 0.324 e. The maximum absolute atomic E-state index is 13.2. The molecular weight excluding hydrogens is 507 g/mol. The van der Waals surface area contributed by atoms with Gasteiger partial charge < -0.3 is 10.6 Å². The van der Waals surface area contributed by atoms with Crippen molar-refractivity contribution in [2.45, 2.75) is 29.2 Å². The maximum Gasteiger partial charge on any atom is 0.416 e. The zero-order valence-electron chi connectivity index (χ0n) is 19.3. The van der Waals surface area contributed by atoms with E-state index in [1.165, 1.54) is 18.5 Å². The number of fused-ring (bicyclic) bond motifs is 1. The minimum atomic E-state index is -4.51. The van der Waals surface area contributed by atoms with Gasteiger partial charge in [0.1, 0.15) is 5.52 Å². The van der Waals surface area contributed by atoms with Crippen molar-refractivity contribution in [2.24, 2.45) is 0 Å².